The largest absolute Gasteiger partial charge is 0.481 e. The summed E-state index contributed by atoms with van der Waals surface area (Å²) < 4.78 is 6.05. The lowest BCUT2D eigenvalue weighted by molar-refractivity contribution is -0.134. The molecule has 29 heavy (non-hydrogen) atoms. The standard InChI is InChI=1S/C20H24N4O.C2H4O2/c1-20(2)17(24-16-18(21)22-12-23-19(16)25-20)15-10-8-14(9-11-15)13-6-4-3-5-7-13;1-2(3)4/h8-13H,3-7H2,1-2H3,(H2,21,22,23);1H3,(H,3,4). The summed E-state index contributed by atoms with van der Waals surface area (Å²) in [6.07, 6.45) is 8.07. The summed E-state index contributed by atoms with van der Waals surface area (Å²) in [4.78, 5) is 21.9. The molecule has 0 amide bonds. The minimum absolute atomic E-state index is 0.344. The second-order valence-corrected chi connectivity index (χ2v) is 7.96. The van der Waals surface area contributed by atoms with E-state index >= 15 is 0 Å². The van der Waals surface area contributed by atoms with E-state index in [0.717, 1.165) is 18.2 Å². The summed E-state index contributed by atoms with van der Waals surface area (Å²) in [5, 5.41) is 7.42. The molecule has 1 aliphatic heterocycles. The molecule has 1 aromatic carbocycles. The minimum atomic E-state index is -0.833. The normalized spacial score (nSPS) is 17.8. The number of aliphatic imine (C=N–C) groups is 1. The fraction of sp³-hybridized carbons (Fsp3) is 0.455. The molecule has 2 aliphatic rings. The summed E-state index contributed by atoms with van der Waals surface area (Å²) in [6.45, 7) is 5.09. The molecule has 0 spiro atoms. The molecule has 1 aliphatic carbocycles. The molecule has 0 radical (unpaired) electrons. The van der Waals surface area contributed by atoms with Crippen molar-refractivity contribution in [1.29, 1.82) is 0 Å². The van der Waals surface area contributed by atoms with Gasteiger partial charge in [-0.1, -0.05) is 43.5 Å². The number of rotatable bonds is 2. The van der Waals surface area contributed by atoms with Gasteiger partial charge in [0.25, 0.3) is 5.97 Å². The van der Waals surface area contributed by atoms with Gasteiger partial charge in [0.05, 0.1) is 5.71 Å². The predicted octanol–water partition coefficient (Wildman–Crippen LogP) is 4.49. The molecule has 3 N–H and O–H groups in total. The van der Waals surface area contributed by atoms with Crippen LogP contribution in [0.25, 0.3) is 0 Å². The third-order valence-corrected chi connectivity index (χ3v) is 5.22. The Bertz CT molecular complexity index is 897. The molecule has 2 heterocycles. The van der Waals surface area contributed by atoms with Crippen LogP contribution in [-0.2, 0) is 4.79 Å². The van der Waals surface area contributed by atoms with Crippen molar-refractivity contribution in [2.24, 2.45) is 4.99 Å². The number of aromatic nitrogens is 2. The summed E-state index contributed by atoms with van der Waals surface area (Å²) >= 11 is 0. The highest BCUT2D eigenvalue weighted by atomic mass is 16.5. The number of carboxylic acids is 1. The highest BCUT2D eigenvalue weighted by molar-refractivity contribution is 6.09. The fourth-order valence-corrected chi connectivity index (χ4v) is 3.85. The molecule has 0 saturated heterocycles. The van der Waals surface area contributed by atoms with Crippen LogP contribution in [0.4, 0.5) is 11.5 Å². The fourth-order valence-electron chi connectivity index (χ4n) is 3.85. The topological polar surface area (TPSA) is 111 Å². The average Bonchev–Trinajstić information content (AvgIpc) is 2.67. The van der Waals surface area contributed by atoms with Crippen molar-refractivity contribution in [2.45, 2.75) is 64.4 Å². The number of carbonyl (C=O) groups is 1. The van der Waals surface area contributed by atoms with E-state index in [-0.39, 0.29) is 0 Å². The lowest BCUT2D eigenvalue weighted by Crippen LogP contribution is -2.41. The van der Waals surface area contributed by atoms with Crippen molar-refractivity contribution >= 4 is 23.2 Å². The van der Waals surface area contributed by atoms with Gasteiger partial charge in [0.15, 0.2) is 11.5 Å². The zero-order valence-corrected chi connectivity index (χ0v) is 17.2. The number of nitrogens with two attached hydrogens (primary N) is 1. The van der Waals surface area contributed by atoms with E-state index in [0.29, 0.717) is 23.3 Å². The van der Waals surface area contributed by atoms with Crippen molar-refractivity contribution in [3.05, 3.63) is 41.7 Å². The molecule has 2 aromatic rings. The number of fused-ring (bicyclic) bond motifs is 1. The monoisotopic (exact) mass is 396 g/mol. The van der Waals surface area contributed by atoms with Gasteiger partial charge < -0.3 is 15.6 Å². The highest BCUT2D eigenvalue weighted by Gasteiger charge is 2.35. The van der Waals surface area contributed by atoms with Gasteiger partial charge in [-0.25, -0.2) is 9.98 Å². The van der Waals surface area contributed by atoms with Crippen LogP contribution in [0.5, 0.6) is 5.88 Å². The van der Waals surface area contributed by atoms with Crippen LogP contribution < -0.4 is 10.5 Å². The Kier molecular flexibility index (Phi) is 6.15. The van der Waals surface area contributed by atoms with Crippen LogP contribution in [0.1, 0.15) is 69.9 Å². The number of hydrogen-bond donors (Lipinski definition) is 2. The van der Waals surface area contributed by atoms with E-state index in [1.165, 1.54) is 44.0 Å². The summed E-state index contributed by atoms with van der Waals surface area (Å²) in [7, 11) is 0. The zero-order valence-electron chi connectivity index (χ0n) is 17.2. The first kappa shape index (κ1) is 20.8. The molecule has 1 fully saturated rings. The van der Waals surface area contributed by atoms with Crippen LogP contribution in [0.15, 0.2) is 35.6 Å². The highest BCUT2D eigenvalue weighted by Crippen LogP contribution is 2.39. The molecule has 0 unspecified atom stereocenters. The molecule has 4 rings (SSSR count). The van der Waals surface area contributed by atoms with Crippen molar-refractivity contribution in [3.63, 3.8) is 0 Å². The predicted molar refractivity (Wildman–Crippen MR) is 113 cm³/mol. The van der Waals surface area contributed by atoms with Gasteiger partial charge in [-0.05, 0) is 38.2 Å². The van der Waals surface area contributed by atoms with Gasteiger partial charge in [-0.3, -0.25) is 4.79 Å². The summed E-state index contributed by atoms with van der Waals surface area (Å²) in [5.41, 5.74) is 9.25. The lowest BCUT2D eigenvalue weighted by atomic mass is 9.83. The molecule has 7 nitrogen and oxygen atoms in total. The van der Waals surface area contributed by atoms with Gasteiger partial charge >= 0.3 is 0 Å². The number of ether oxygens (including phenoxy) is 1. The second-order valence-electron chi connectivity index (χ2n) is 7.96. The Morgan fingerprint density at radius 3 is 2.38 bits per heavy atom. The minimum Gasteiger partial charge on any atom is -0.481 e. The van der Waals surface area contributed by atoms with Crippen LogP contribution in [0, 0.1) is 0 Å². The number of nitrogens with zero attached hydrogens (tertiary/aromatic N) is 3. The van der Waals surface area contributed by atoms with E-state index in [1.54, 1.807) is 0 Å². The van der Waals surface area contributed by atoms with Gasteiger partial charge in [0.1, 0.15) is 11.9 Å². The molecular formula is C22H28N4O3. The Morgan fingerprint density at radius 1 is 1.14 bits per heavy atom. The summed E-state index contributed by atoms with van der Waals surface area (Å²) in [5.74, 6) is 0.655. The van der Waals surface area contributed by atoms with Crippen LogP contribution in [0.2, 0.25) is 0 Å². The van der Waals surface area contributed by atoms with E-state index in [9.17, 15) is 0 Å². The Morgan fingerprint density at radius 2 is 1.76 bits per heavy atom. The first-order valence-corrected chi connectivity index (χ1v) is 9.96. The van der Waals surface area contributed by atoms with E-state index < -0.39 is 11.6 Å². The SMILES string of the molecule is CC(=O)O.CC1(C)Oc2ncnc(N)c2N=C1c1ccc(C2CCCCC2)cc1. The van der Waals surface area contributed by atoms with Crippen LogP contribution >= 0.6 is 0 Å². The van der Waals surface area contributed by atoms with Crippen molar-refractivity contribution in [1.82, 2.24) is 9.97 Å². The van der Waals surface area contributed by atoms with E-state index in [1.807, 2.05) is 13.8 Å². The maximum Gasteiger partial charge on any atom is 0.300 e. The number of anilines is 1. The molecule has 154 valence electrons. The number of hydrogen-bond acceptors (Lipinski definition) is 6. The molecular weight excluding hydrogens is 368 g/mol. The number of nitrogen functional groups attached to an aromatic ring is 1. The molecule has 0 atom stereocenters. The Labute approximate surface area is 171 Å². The molecule has 0 bridgehead atoms. The maximum absolute atomic E-state index is 9.00. The van der Waals surface area contributed by atoms with Crippen molar-refractivity contribution in [3.8, 4) is 5.88 Å². The second kappa shape index (κ2) is 8.59. The van der Waals surface area contributed by atoms with Crippen LogP contribution in [-0.4, -0.2) is 32.4 Å². The molecule has 1 saturated carbocycles. The quantitative estimate of drug-likeness (QED) is 0.774. The Balaban J connectivity index is 0.000000552. The van der Waals surface area contributed by atoms with Gasteiger partial charge in [0.2, 0.25) is 5.88 Å². The van der Waals surface area contributed by atoms with E-state index in [4.69, 9.17) is 25.4 Å². The first-order valence-electron chi connectivity index (χ1n) is 9.96. The molecule has 1 aromatic heterocycles. The number of aliphatic carboxylic acids is 1. The van der Waals surface area contributed by atoms with Crippen LogP contribution in [0.3, 0.4) is 0 Å². The van der Waals surface area contributed by atoms with Crippen molar-refractivity contribution in [2.75, 3.05) is 5.73 Å². The Hall–Kier alpha value is -2.96. The lowest BCUT2D eigenvalue weighted by Gasteiger charge is -2.32. The third-order valence-electron chi connectivity index (χ3n) is 5.22. The third kappa shape index (κ3) is 4.91. The van der Waals surface area contributed by atoms with Gasteiger partial charge in [-0.2, -0.15) is 4.98 Å². The number of carboxylic acid groups (broad SMARTS) is 1. The van der Waals surface area contributed by atoms with E-state index in [2.05, 4.69) is 34.2 Å². The van der Waals surface area contributed by atoms with Gasteiger partial charge in [-0.15, -0.1) is 0 Å². The molecule has 7 heteroatoms. The zero-order chi connectivity index (χ0) is 21.0. The number of benzene rings is 1. The first-order chi connectivity index (χ1) is 13.8. The maximum atomic E-state index is 9.00. The average molecular weight is 396 g/mol. The smallest absolute Gasteiger partial charge is 0.300 e. The van der Waals surface area contributed by atoms with Crippen molar-refractivity contribution < 1.29 is 14.6 Å². The van der Waals surface area contributed by atoms with Gasteiger partial charge in [0, 0.05) is 12.5 Å². The summed E-state index contributed by atoms with van der Waals surface area (Å²) in [6, 6.07) is 8.78.